The molecule has 0 bridgehead atoms. The number of aryl methyl sites for hydroxylation is 1. The van der Waals surface area contributed by atoms with Crippen molar-refractivity contribution in [3.63, 3.8) is 0 Å². The van der Waals surface area contributed by atoms with E-state index in [0.29, 0.717) is 11.3 Å². The minimum atomic E-state index is -1.31. The Labute approximate surface area is 150 Å². The number of thioether (sulfide) groups is 1. The Morgan fingerprint density at radius 1 is 1.28 bits per heavy atom. The number of hydrogen-bond donors (Lipinski definition) is 2. The number of ether oxygens (including phenoxy) is 1. The van der Waals surface area contributed by atoms with Gasteiger partial charge in [-0.3, -0.25) is 9.59 Å². The van der Waals surface area contributed by atoms with E-state index in [-0.39, 0.29) is 12.3 Å². The molecular weight excluding hydrogens is 338 g/mol. The largest absolute Gasteiger partial charge is 0.497 e. The topological polar surface area (TPSA) is 75.6 Å². The first-order valence-electron chi connectivity index (χ1n) is 7.87. The van der Waals surface area contributed by atoms with E-state index >= 15 is 0 Å². The SMILES string of the molecule is COc1cccc([C@H]2NC(=O)CC2(Sc2ccc(C)cc2)C(=O)O)c1. The molecule has 2 aromatic carbocycles. The van der Waals surface area contributed by atoms with Gasteiger partial charge >= 0.3 is 5.97 Å². The lowest BCUT2D eigenvalue weighted by atomic mass is 9.93. The number of nitrogens with one attached hydrogen (secondary N) is 1. The number of carbonyl (C=O) groups is 2. The summed E-state index contributed by atoms with van der Waals surface area (Å²) >= 11 is 1.21. The highest BCUT2D eigenvalue weighted by Gasteiger charge is 2.54. The van der Waals surface area contributed by atoms with E-state index in [1.54, 1.807) is 25.3 Å². The second kappa shape index (κ2) is 6.80. The summed E-state index contributed by atoms with van der Waals surface area (Å²) in [5, 5.41) is 12.8. The molecule has 1 aliphatic rings. The van der Waals surface area contributed by atoms with Crippen LogP contribution in [0.4, 0.5) is 0 Å². The van der Waals surface area contributed by atoms with Gasteiger partial charge in [0.2, 0.25) is 5.91 Å². The molecule has 2 aromatic rings. The van der Waals surface area contributed by atoms with Gasteiger partial charge in [-0.05, 0) is 36.8 Å². The van der Waals surface area contributed by atoms with Crippen molar-refractivity contribution >= 4 is 23.6 Å². The predicted octanol–water partition coefficient (Wildman–Crippen LogP) is 3.18. The van der Waals surface area contributed by atoms with Crippen LogP contribution in [0.5, 0.6) is 5.75 Å². The lowest BCUT2D eigenvalue weighted by Gasteiger charge is -2.29. The molecule has 2 N–H and O–H groups in total. The molecule has 3 rings (SSSR count). The number of methoxy groups -OCH3 is 1. The van der Waals surface area contributed by atoms with Crippen LogP contribution in [0.3, 0.4) is 0 Å². The highest BCUT2D eigenvalue weighted by molar-refractivity contribution is 8.01. The van der Waals surface area contributed by atoms with Crippen LogP contribution >= 0.6 is 11.8 Å². The van der Waals surface area contributed by atoms with Crippen LogP contribution < -0.4 is 10.1 Å². The second-order valence-electron chi connectivity index (χ2n) is 6.06. The molecule has 0 aromatic heterocycles. The third-order valence-corrected chi connectivity index (χ3v) is 5.73. The van der Waals surface area contributed by atoms with Crippen molar-refractivity contribution in [2.75, 3.05) is 7.11 Å². The minimum absolute atomic E-state index is 0.0806. The van der Waals surface area contributed by atoms with Crippen LogP contribution in [-0.2, 0) is 9.59 Å². The lowest BCUT2D eigenvalue weighted by Crippen LogP contribution is -2.40. The highest BCUT2D eigenvalue weighted by Crippen LogP contribution is 2.48. The maximum atomic E-state index is 12.2. The second-order valence-corrected chi connectivity index (χ2v) is 7.47. The van der Waals surface area contributed by atoms with Crippen LogP contribution in [0.2, 0.25) is 0 Å². The molecule has 1 heterocycles. The molecule has 1 amide bonds. The Morgan fingerprint density at radius 2 is 2.00 bits per heavy atom. The van der Waals surface area contributed by atoms with Crippen LogP contribution in [0, 0.1) is 6.92 Å². The quantitative estimate of drug-likeness (QED) is 0.860. The van der Waals surface area contributed by atoms with Crippen LogP contribution in [0.25, 0.3) is 0 Å². The van der Waals surface area contributed by atoms with E-state index < -0.39 is 16.8 Å². The summed E-state index contributed by atoms with van der Waals surface area (Å²) in [6, 6.07) is 14.2. The number of amides is 1. The Morgan fingerprint density at radius 3 is 2.64 bits per heavy atom. The summed E-state index contributed by atoms with van der Waals surface area (Å²) in [6.07, 6.45) is -0.0806. The first kappa shape index (κ1) is 17.4. The van der Waals surface area contributed by atoms with Crippen molar-refractivity contribution in [3.8, 4) is 5.75 Å². The fourth-order valence-corrected chi connectivity index (χ4v) is 4.29. The van der Waals surface area contributed by atoms with Gasteiger partial charge in [0.1, 0.15) is 5.75 Å². The molecule has 0 spiro atoms. The van der Waals surface area contributed by atoms with Gasteiger partial charge in [-0.25, -0.2) is 0 Å². The van der Waals surface area contributed by atoms with Gasteiger partial charge in [0, 0.05) is 4.90 Å². The van der Waals surface area contributed by atoms with Crippen LogP contribution in [-0.4, -0.2) is 28.8 Å². The molecule has 1 saturated heterocycles. The predicted molar refractivity (Wildman–Crippen MR) is 95.9 cm³/mol. The number of benzene rings is 2. The number of carboxylic acids is 1. The van der Waals surface area contributed by atoms with Gasteiger partial charge < -0.3 is 15.2 Å². The van der Waals surface area contributed by atoms with Gasteiger partial charge in [0.25, 0.3) is 0 Å². The minimum Gasteiger partial charge on any atom is -0.497 e. The average Bonchev–Trinajstić information content (AvgIpc) is 2.94. The molecule has 5 nitrogen and oxygen atoms in total. The Hall–Kier alpha value is -2.47. The maximum absolute atomic E-state index is 12.2. The van der Waals surface area contributed by atoms with E-state index in [9.17, 15) is 14.7 Å². The zero-order valence-electron chi connectivity index (χ0n) is 14.0. The van der Waals surface area contributed by atoms with Gasteiger partial charge in [0.15, 0.2) is 4.75 Å². The smallest absolute Gasteiger partial charge is 0.323 e. The summed E-state index contributed by atoms with van der Waals surface area (Å²) < 4.78 is 3.93. The fourth-order valence-electron chi connectivity index (χ4n) is 3.00. The summed E-state index contributed by atoms with van der Waals surface area (Å²) in [5.41, 5.74) is 1.81. The van der Waals surface area contributed by atoms with Crippen molar-refractivity contribution in [1.29, 1.82) is 0 Å². The number of hydrogen-bond acceptors (Lipinski definition) is 4. The molecule has 6 heteroatoms. The van der Waals surface area contributed by atoms with Gasteiger partial charge in [-0.1, -0.05) is 29.8 Å². The molecule has 0 saturated carbocycles. The standard InChI is InChI=1S/C19H19NO4S/c1-12-6-8-15(9-7-12)25-19(18(22)23)11-16(21)20-17(19)13-4-3-5-14(10-13)24-2/h3-10,17H,11H2,1-2H3,(H,20,21)(H,22,23)/t17-,19?/m1/s1. The van der Waals surface area contributed by atoms with Crippen molar-refractivity contribution in [1.82, 2.24) is 5.32 Å². The average molecular weight is 357 g/mol. The van der Waals surface area contributed by atoms with E-state index in [0.717, 1.165) is 10.5 Å². The molecule has 1 unspecified atom stereocenters. The zero-order valence-corrected chi connectivity index (χ0v) is 14.8. The molecule has 0 aliphatic carbocycles. The van der Waals surface area contributed by atoms with E-state index in [1.807, 2.05) is 37.3 Å². The Kier molecular flexibility index (Phi) is 4.72. The summed E-state index contributed by atoms with van der Waals surface area (Å²) in [5.74, 6) is -0.655. The van der Waals surface area contributed by atoms with Crippen molar-refractivity contribution < 1.29 is 19.4 Å². The van der Waals surface area contributed by atoms with Crippen LogP contribution in [0.1, 0.15) is 23.6 Å². The lowest BCUT2D eigenvalue weighted by molar-refractivity contribution is -0.140. The van der Waals surface area contributed by atoms with E-state index in [4.69, 9.17) is 4.74 Å². The van der Waals surface area contributed by atoms with Gasteiger partial charge in [-0.15, -0.1) is 11.8 Å². The van der Waals surface area contributed by atoms with Crippen molar-refractivity contribution in [2.45, 2.75) is 29.0 Å². The Bertz CT molecular complexity index is 805. The van der Waals surface area contributed by atoms with Gasteiger partial charge in [0.05, 0.1) is 19.6 Å². The number of aliphatic carboxylic acids is 1. The number of rotatable bonds is 5. The third kappa shape index (κ3) is 3.35. The maximum Gasteiger partial charge on any atom is 0.323 e. The van der Waals surface area contributed by atoms with E-state index in [1.165, 1.54) is 11.8 Å². The van der Waals surface area contributed by atoms with Crippen molar-refractivity contribution in [2.24, 2.45) is 0 Å². The molecule has 1 fully saturated rings. The van der Waals surface area contributed by atoms with Crippen LogP contribution in [0.15, 0.2) is 53.4 Å². The normalized spacial score (nSPS) is 22.5. The first-order valence-corrected chi connectivity index (χ1v) is 8.68. The van der Waals surface area contributed by atoms with Gasteiger partial charge in [-0.2, -0.15) is 0 Å². The van der Waals surface area contributed by atoms with E-state index in [2.05, 4.69) is 5.32 Å². The third-order valence-electron chi connectivity index (χ3n) is 4.30. The first-order chi connectivity index (χ1) is 11.9. The summed E-state index contributed by atoms with van der Waals surface area (Å²) in [6.45, 7) is 1.97. The Balaban J connectivity index is 2.03. The molecule has 130 valence electrons. The molecule has 1 aliphatic heterocycles. The molecular formula is C19H19NO4S. The zero-order chi connectivity index (χ0) is 18.0. The highest BCUT2D eigenvalue weighted by atomic mass is 32.2. The fraction of sp³-hybridized carbons (Fsp3) is 0.263. The monoisotopic (exact) mass is 357 g/mol. The molecule has 2 atom stereocenters. The van der Waals surface area contributed by atoms with Crippen molar-refractivity contribution in [3.05, 3.63) is 59.7 Å². The molecule has 25 heavy (non-hydrogen) atoms. The number of carboxylic acid groups (broad SMARTS) is 1. The molecule has 0 radical (unpaired) electrons. The summed E-state index contributed by atoms with van der Waals surface area (Å²) in [7, 11) is 1.55. The summed E-state index contributed by atoms with van der Waals surface area (Å²) in [4.78, 5) is 25.2. The number of carbonyl (C=O) groups excluding carboxylic acids is 1.